The highest BCUT2D eigenvalue weighted by molar-refractivity contribution is 5.97. The molecule has 2 heterocycles. The summed E-state index contributed by atoms with van der Waals surface area (Å²) in [6.07, 6.45) is 1.28. The van der Waals surface area contributed by atoms with E-state index < -0.39 is 0 Å². The Morgan fingerprint density at radius 1 is 1.30 bits per heavy atom. The van der Waals surface area contributed by atoms with E-state index in [9.17, 15) is 4.79 Å². The number of aryl methyl sites for hydroxylation is 2. The van der Waals surface area contributed by atoms with Crippen LogP contribution in [0.15, 0.2) is 24.3 Å². The third kappa shape index (κ3) is 2.39. The van der Waals surface area contributed by atoms with Crippen LogP contribution in [0.3, 0.4) is 0 Å². The fourth-order valence-electron chi connectivity index (χ4n) is 2.52. The summed E-state index contributed by atoms with van der Waals surface area (Å²) in [5.41, 5.74) is 5.07. The summed E-state index contributed by atoms with van der Waals surface area (Å²) in [6, 6.07) is 7.86. The average Bonchev–Trinajstić information content (AvgIpc) is 3.04. The van der Waals surface area contributed by atoms with Gasteiger partial charge in [0.2, 0.25) is 0 Å². The molecule has 0 saturated heterocycles. The summed E-state index contributed by atoms with van der Waals surface area (Å²) >= 11 is 0. The predicted octanol–water partition coefficient (Wildman–Crippen LogP) is 2.44. The summed E-state index contributed by atoms with van der Waals surface area (Å²) in [5.74, 6) is 0.130. The van der Waals surface area contributed by atoms with Gasteiger partial charge in [0, 0.05) is 18.3 Å². The Labute approximate surface area is 118 Å². The van der Waals surface area contributed by atoms with Gasteiger partial charge in [0.15, 0.2) is 5.78 Å². The van der Waals surface area contributed by atoms with E-state index in [1.165, 1.54) is 5.56 Å². The Morgan fingerprint density at radius 3 is 2.85 bits per heavy atom. The Kier molecular flexibility index (Phi) is 3.40. The number of benzene rings is 1. The zero-order valence-electron chi connectivity index (χ0n) is 11.8. The van der Waals surface area contributed by atoms with Gasteiger partial charge >= 0.3 is 0 Å². The molecule has 104 valence electrons. The van der Waals surface area contributed by atoms with Crippen molar-refractivity contribution in [2.24, 2.45) is 7.05 Å². The SMILES string of the molecule is CCc1cc(CC(=O)c2ccc3c(c2)COC3)n(C)n1. The number of aromatic nitrogens is 2. The van der Waals surface area contributed by atoms with Gasteiger partial charge in [-0.15, -0.1) is 0 Å². The molecular formula is C16H18N2O2. The van der Waals surface area contributed by atoms with Gasteiger partial charge < -0.3 is 4.74 Å². The molecule has 0 N–H and O–H groups in total. The second-order valence-electron chi connectivity index (χ2n) is 5.18. The van der Waals surface area contributed by atoms with Crippen LogP contribution in [0.5, 0.6) is 0 Å². The summed E-state index contributed by atoms with van der Waals surface area (Å²) < 4.78 is 7.18. The number of Topliss-reactive ketones (excluding diaryl/α,β-unsaturated/α-hetero) is 1. The van der Waals surface area contributed by atoms with Gasteiger partial charge in [-0.2, -0.15) is 5.10 Å². The van der Waals surface area contributed by atoms with E-state index in [1.54, 1.807) is 4.68 Å². The number of ketones is 1. The monoisotopic (exact) mass is 270 g/mol. The molecule has 0 fully saturated rings. The van der Waals surface area contributed by atoms with E-state index >= 15 is 0 Å². The zero-order chi connectivity index (χ0) is 14.1. The number of rotatable bonds is 4. The number of fused-ring (bicyclic) bond motifs is 1. The number of carbonyl (C=O) groups is 1. The summed E-state index contributed by atoms with van der Waals surface area (Å²) in [6.45, 7) is 3.34. The Bertz CT molecular complexity index is 658. The molecule has 0 spiro atoms. The molecule has 3 rings (SSSR count). The van der Waals surface area contributed by atoms with Crippen LogP contribution in [0.4, 0.5) is 0 Å². The lowest BCUT2D eigenvalue weighted by Crippen LogP contribution is -2.08. The number of carbonyl (C=O) groups excluding carboxylic acids is 1. The van der Waals surface area contributed by atoms with Crippen molar-refractivity contribution in [2.45, 2.75) is 33.0 Å². The fourth-order valence-corrected chi connectivity index (χ4v) is 2.52. The molecule has 0 radical (unpaired) electrons. The number of ether oxygens (including phenoxy) is 1. The third-order valence-corrected chi connectivity index (χ3v) is 3.77. The van der Waals surface area contributed by atoms with Gasteiger partial charge in [-0.1, -0.05) is 19.1 Å². The molecule has 0 bridgehead atoms. The van der Waals surface area contributed by atoms with E-state index in [1.807, 2.05) is 31.3 Å². The van der Waals surface area contributed by atoms with Crippen LogP contribution in [-0.2, 0) is 37.8 Å². The molecule has 0 atom stereocenters. The number of hydrogen-bond donors (Lipinski definition) is 0. The molecule has 4 nitrogen and oxygen atoms in total. The minimum absolute atomic E-state index is 0.130. The van der Waals surface area contributed by atoms with Crippen molar-refractivity contribution >= 4 is 5.78 Å². The lowest BCUT2D eigenvalue weighted by atomic mass is 10.0. The maximum absolute atomic E-state index is 12.4. The van der Waals surface area contributed by atoms with Crippen molar-refractivity contribution in [1.82, 2.24) is 9.78 Å². The van der Waals surface area contributed by atoms with Crippen LogP contribution in [0.1, 0.15) is 39.8 Å². The molecular weight excluding hydrogens is 252 g/mol. The molecule has 0 amide bonds. The predicted molar refractivity (Wildman–Crippen MR) is 75.6 cm³/mol. The molecule has 1 aliphatic rings. The van der Waals surface area contributed by atoms with E-state index in [2.05, 4.69) is 12.0 Å². The molecule has 1 aromatic heterocycles. The van der Waals surface area contributed by atoms with Crippen LogP contribution >= 0.6 is 0 Å². The van der Waals surface area contributed by atoms with Gasteiger partial charge in [0.1, 0.15) is 0 Å². The van der Waals surface area contributed by atoms with Crippen molar-refractivity contribution in [2.75, 3.05) is 0 Å². The van der Waals surface area contributed by atoms with Crippen LogP contribution in [0, 0.1) is 0 Å². The van der Waals surface area contributed by atoms with Gasteiger partial charge in [-0.3, -0.25) is 9.48 Å². The zero-order valence-corrected chi connectivity index (χ0v) is 11.8. The Hall–Kier alpha value is -1.94. The third-order valence-electron chi connectivity index (χ3n) is 3.77. The lowest BCUT2D eigenvalue weighted by Gasteiger charge is -2.04. The van der Waals surface area contributed by atoms with Gasteiger partial charge in [-0.05, 0) is 29.7 Å². The van der Waals surface area contributed by atoms with Crippen molar-refractivity contribution in [3.8, 4) is 0 Å². The maximum Gasteiger partial charge on any atom is 0.168 e. The minimum Gasteiger partial charge on any atom is -0.372 e. The highest BCUT2D eigenvalue weighted by Crippen LogP contribution is 2.21. The lowest BCUT2D eigenvalue weighted by molar-refractivity contribution is 0.0990. The van der Waals surface area contributed by atoms with Crippen LogP contribution in [0.2, 0.25) is 0 Å². The van der Waals surface area contributed by atoms with E-state index in [0.717, 1.165) is 28.9 Å². The molecule has 0 unspecified atom stereocenters. The normalized spacial score (nSPS) is 13.5. The maximum atomic E-state index is 12.4. The minimum atomic E-state index is 0.130. The second-order valence-corrected chi connectivity index (χ2v) is 5.18. The quantitative estimate of drug-likeness (QED) is 0.801. The molecule has 4 heteroatoms. The summed E-state index contributed by atoms with van der Waals surface area (Å²) in [4.78, 5) is 12.4. The molecule has 2 aromatic rings. The van der Waals surface area contributed by atoms with Crippen LogP contribution in [0.25, 0.3) is 0 Å². The molecule has 1 aromatic carbocycles. The molecule has 0 aliphatic carbocycles. The first kappa shape index (κ1) is 13.1. The molecule has 1 aliphatic heterocycles. The van der Waals surface area contributed by atoms with Gasteiger partial charge in [0.05, 0.1) is 25.3 Å². The topological polar surface area (TPSA) is 44.1 Å². The standard InChI is InChI=1S/C16H18N2O2/c1-3-14-7-15(18(2)17-14)8-16(19)11-4-5-12-9-20-10-13(12)6-11/h4-7H,3,8-10H2,1-2H3. The Balaban J connectivity index is 1.80. The summed E-state index contributed by atoms with van der Waals surface area (Å²) in [7, 11) is 1.89. The van der Waals surface area contributed by atoms with Crippen molar-refractivity contribution < 1.29 is 9.53 Å². The Morgan fingerprint density at radius 2 is 2.10 bits per heavy atom. The van der Waals surface area contributed by atoms with Gasteiger partial charge in [0.25, 0.3) is 0 Å². The van der Waals surface area contributed by atoms with Crippen molar-refractivity contribution in [3.05, 3.63) is 52.3 Å². The first-order chi connectivity index (χ1) is 9.67. The van der Waals surface area contributed by atoms with Crippen LogP contribution in [-0.4, -0.2) is 15.6 Å². The molecule has 20 heavy (non-hydrogen) atoms. The average molecular weight is 270 g/mol. The van der Waals surface area contributed by atoms with E-state index in [0.29, 0.717) is 19.6 Å². The number of nitrogens with zero attached hydrogens (tertiary/aromatic N) is 2. The van der Waals surface area contributed by atoms with Gasteiger partial charge in [-0.25, -0.2) is 0 Å². The highest BCUT2D eigenvalue weighted by Gasteiger charge is 2.16. The second kappa shape index (κ2) is 5.21. The fraction of sp³-hybridized carbons (Fsp3) is 0.375. The van der Waals surface area contributed by atoms with Crippen LogP contribution < -0.4 is 0 Å². The summed E-state index contributed by atoms with van der Waals surface area (Å²) in [5, 5.41) is 4.38. The largest absolute Gasteiger partial charge is 0.372 e. The van der Waals surface area contributed by atoms with E-state index in [4.69, 9.17) is 4.74 Å². The smallest absolute Gasteiger partial charge is 0.168 e. The number of hydrogen-bond acceptors (Lipinski definition) is 3. The highest BCUT2D eigenvalue weighted by atomic mass is 16.5. The first-order valence-electron chi connectivity index (χ1n) is 6.92. The van der Waals surface area contributed by atoms with E-state index in [-0.39, 0.29) is 5.78 Å². The van der Waals surface area contributed by atoms with Crippen molar-refractivity contribution in [3.63, 3.8) is 0 Å². The molecule has 0 saturated carbocycles. The first-order valence-corrected chi connectivity index (χ1v) is 6.92. The van der Waals surface area contributed by atoms with Crippen molar-refractivity contribution in [1.29, 1.82) is 0 Å².